The molecule has 0 bridgehead atoms. The first kappa shape index (κ1) is 31.5. The summed E-state index contributed by atoms with van der Waals surface area (Å²) in [5, 5.41) is 77.0. The van der Waals surface area contributed by atoms with Crippen molar-refractivity contribution in [2.45, 2.75) is 61.1 Å². The molecule has 0 aliphatic heterocycles. The van der Waals surface area contributed by atoms with Gasteiger partial charge in [0.1, 0.15) is 12.2 Å². The number of aliphatic hydroxyl groups excluding tert-OH is 8. The Morgan fingerprint density at radius 3 is 1.52 bits per heavy atom. The molecule has 16 heteroatoms. The predicted molar refractivity (Wildman–Crippen MR) is 110 cm³/mol. The first-order valence-electron chi connectivity index (χ1n) is 9.96. The molecule has 0 saturated heterocycles. The van der Waals surface area contributed by atoms with Crippen LogP contribution in [0.5, 0.6) is 0 Å². The fourth-order valence-corrected chi connectivity index (χ4v) is 3.59. The van der Waals surface area contributed by atoms with Gasteiger partial charge in [0.05, 0.1) is 30.8 Å². The van der Waals surface area contributed by atoms with E-state index in [2.05, 4.69) is 0 Å². The van der Waals surface area contributed by atoms with Crippen molar-refractivity contribution in [2.75, 3.05) is 33.4 Å². The van der Waals surface area contributed by atoms with Crippen molar-refractivity contribution in [3.05, 3.63) is 0 Å². The first-order chi connectivity index (χ1) is 15.2. The molecular weight excluding hydrogens is 472 g/mol. The number of carbonyl (C=O) groups excluding carboxylic acids is 2. The summed E-state index contributed by atoms with van der Waals surface area (Å²) in [4.78, 5) is 25.1. The molecule has 0 saturated carbocycles. The average Bonchev–Trinajstić information content (AvgIpc) is 2.74. The van der Waals surface area contributed by atoms with E-state index in [1.54, 1.807) is 0 Å². The molecule has 0 aliphatic rings. The molecule has 196 valence electrons. The van der Waals surface area contributed by atoms with E-state index in [9.17, 15) is 53.2 Å². The molecule has 33 heavy (non-hydrogen) atoms. The Labute approximate surface area is 190 Å². The third-order valence-corrected chi connectivity index (χ3v) is 5.95. The van der Waals surface area contributed by atoms with Gasteiger partial charge in [0, 0.05) is 33.4 Å². The molecule has 2 amide bonds. The zero-order valence-electron chi connectivity index (χ0n) is 18.0. The normalized spacial score (nSPS) is 18.5. The van der Waals surface area contributed by atoms with Gasteiger partial charge in [-0.3, -0.25) is 14.1 Å². The third kappa shape index (κ3) is 10.6. The number of nitrogens with zero attached hydrogens (tertiary/aromatic N) is 1. The maximum absolute atomic E-state index is 12.7. The Morgan fingerprint density at radius 1 is 0.818 bits per heavy atom. The number of amides is 2. The number of aliphatic hydroxyl groups is 8. The predicted octanol–water partition coefficient (Wildman–Crippen LogP) is -5.86. The van der Waals surface area contributed by atoms with Gasteiger partial charge in [0.25, 0.3) is 10.1 Å². The van der Waals surface area contributed by atoms with Crippen LogP contribution in [0.3, 0.4) is 0 Å². The largest absolute Gasteiger partial charge is 0.396 e. The topological polar surface area (TPSA) is 266 Å². The quantitative estimate of drug-likeness (QED) is 0.0875. The van der Waals surface area contributed by atoms with Gasteiger partial charge in [-0.25, -0.2) is 0 Å². The van der Waals surface area contributed by atoms with Crippen LogP contribution in [0.2, 0.25) is 0 Å². The van der Waals surface area contributed by atoms with Crippen LogP contribution in [-0.2, 0) is 19.7 Å². The van der Waals surface area contributed by atoms with E-state index in [1.807, 2.05) is 5.32 Å². The highest BCUT2D eigenvalue weighted by atomic mass is 32.2. The van der Waals surface area contributed by atoms with E-state index in [4.69, 9.17) is 10.2 Å². The van der Waals surface area contributed by atoms with Gasteiger partial charge < -0.3 is 51.1 Å². The van der Waals surface area contributed by atoms with Gasteiger partial charge in [-0.2, -0.15) is 8.42 Å². The minimum absolute atomic E-state index is 0.331. The zero-order valence-corrected chi connectivity index (χ0v) is 18.8. The molecular formula is C17H34N2O13S. The summed E-state index contributed by atoms with van der Waals surface area (Å²) in [7, 11) is -4.01. The Bertz CT molecular complexity index is 681. The summed E-state index contributed by atoms with van der Waals surface area (Å²) in [6.45, 7) is -2.75. The standard InChI is InChI=1S/C17H34N2O13S/c1-18-17(29)13(33(30,31)32)6-14(26)19(7-11(24)15(27)9(22)2-4-20)8-12(25)16(28)10(23)3-5-21/h9-13,15-16,20-25,27-28H,2-8H2,1H3,(H,18,29)(H,30,31,32). The SMILES string of the molecule is CNC(=O)C(CC(=O)N(CC(O)C(O)C(O)CCO)CC(O)C(O)C(O)CCO)S(=O)(=O)O. The molecule has 15 nitrogen and oxygen atoms in total. The smallest absolute Gasteiger partial charge is 0.277 e. The first-order valence-corrected chi connectivity index (χ1v) is 11.5. The van der Waals surface area contributed by atoms with E-state index >= 15 is 0 Å². The molecule has 0 radical (unpaired) electrons. The maximum atomic E-state index is 12.7. The minimum Gasteiger partial charge on any atom is -0.396 e. The minimum atomic E-state index is -5.05. The molecule has 0 aromatic heterocycles. The van der Waals surface area contributed by atoms with E-state index < -0.39 is 96.5 Å². The number of carbonyl (C=O) groups is 2. The number of hydrogen-bond acceptors (Lipinski definition) is 12. The maximum Gasteiger partial charge on any atom is 0.277 e. The van der Waals surface area contributed by atoms with Crippen molar-refractivity contribution >= 4 is 21.9 Å². The molecule has 0 rings (SSSR count). The molecule has 0 aromatic rings. The number of rotatable bonds is 16. The number of nitrogens with one attached hydrogen (secondary N) is 1. The Balaban J connectivity index is 5.75. The van der Waals surface area contributed by atoms with Gasteiger partial charge >= 0.3 is 0 Å². The lowest BCUT2D eigenvalue weighted by Gasteiger charge is -2.33. The van der Waals surface area contributed by atoms with Crippen LogP contribution in [0, 0.1) is 0 Å². The van der Waals surface area contributed by atoms with E-state index in [-0.39, 0.29) is 12.8 Å². The average molecular weight is 507 g/mol. The van der Waals surface area contributed by atoms with Crippen LogP contribution in [0.15, 0.2) is 0 Å². The Hall–Kier alpha value is -1.47. The molecule has 0 aliphatic carbocycles. The highest BCUT2D eigenvalue weighted by Crippen LogP contribution is 2.14. The highest BCUT2D eigenvalue weighted by Gasteiger charge is 2.37. The van der Waals surface area contributed by atoms with Crippen molar-refractivity contribution in [1.29, 1.82) is 0 Å². The molecule has 10 N–H and O–H groups in total. The molecule has 0 aromatic carbocycles. The van der Waals surface area contributed by atoms with Crippen molar-refractivity contribution in [3.63, 3.8) is 0 Å². The molecule has 0 heterocycles. The van der Waals surface area contributed by atoms with E-state index in [0.29, 0.717) is 4.90 Å². The van der Waals surface area contributed by atoms with Crippen LogP contribution in [0.4, 0.5) is 0 Å². The lowest BCUT2D eigenvalue weighted by molar-refractivity contribution is -0.142. The van der Waals surface area contributed by atoms with Crippen LogP contribution < -0.4 is 5.32 Å². The summed E-state index contributed by atoms with van der Waals surface area (Å²) < 4.78 is 32.3. The van der Waals surface area contributed by atoms with Gasteiger partial charge in [-0.05, 0) is 12.8 Å². The molecule has 7 atom stereocenters. The fourth-order valence-electron chi connectivity index (χ4n) is 2.85. The van der Waals surface area contributed by atoms with Gasteiger partial charge in [-0.15, -0.1) is 0 Å². The van der Waals surface area contributed by atoms with Crippen LogP contribution in [0.1, 0.15) is 19.3 Å². The Kier molecular flexibility index (Phi) is 14.1. The van der Waals surface area contributed by atoms with Crippen molar-refractivity contribution in [1.82, 2.24) is 10.2 Å². The second-order valence-electron chi connectivity index (χ2n) is 7.40. The van der Waals surface area contributed by atoms with Crippen LogP contribution in [0.25, 0.3) is 0 Å². The lowest BCUT2D eigenvalue weighted by Crippen LogP contribution is -2.52. The van der Waals surface area contributed by atoms with Crippen LogP contribution in [-0.4, -0.2) is 146 Å². The second kappa shape index (κ2) is 14.7. The molecule has 0 spiro atoms. The van der Waals surface area contributed by atoms with Crippen molar-refractivity contribution in [2.24, 2.45) is 0 Å². The Morgan fingerprint density at radius 2 is 1.21 bits per heavy atom. The lowest BCUT2D eigenvalue weighted by atomic mass is 10.0. The highest BCUT2D eigenvalue weighted by molar-refractivity contribution is 7.87. The van der Waals surface area contributed by atoms with Crippen LogP contribution >= 0.6 is 0 Å². The van der Waals surface area contributed by atoms with E-state index in [1.165, 1.54) is 0 Å². The third-order valence-electron chi connectivity index (χ3n) is 4.85. The van der Waals surface area contributed by atoms with E-state index in [0.717, 1.165) is 7.05 Å². The monoisotopic (exact) mass is 506 g/mol. The van der Waals surface area contributed by atoms with Gasteiger partial charge in [-0.1, -0.05) is 0 Å². The zero-order chi connectivity index (χ0) is 25.9. The summed E-state index contributed by atoms with van der Waals surface area (Å²) in [6.07, 6.45) is -12.6. The number of hydrogen-bond donors (Lipinski definition) is 10. The second-order valence-corrected chi connectivity index (χ2v) is 8.99. The summed E-state index contributed by atoms with van der Waals surface area (Å²) in [5.74, 6) is -2.45. The molecule has 0 fully saturated rings. The van der Waals surface area contributed by atoms with Crippen molar-refractivity contribution in [3.8, 4) is 0 Å². The fraction of sp³-hybridized carbons (Fsp3) is 0.882. The van der Waals surface area contributed by atoms with Crippen molar-refractivity contribution < 1.29 is 63.4 Å². The van der Waals surface area contributed by atoms with Gasteiger partial charge in [0.15, 0.2) is 5.25 Å². The molecule has 7 unspecified atom stereocenters. The summed E-state index contributed by atoms with van der Waals surface area (Å²) in [6, 6.07) is 0. The van der Waals surface area contributed by atoms with Gasteiger partial charge in [0.2, 0.25) is 11.8 Å². The summed E-state index contributed by atoms with van der Waals surface area (Å²) >= 11 is 0. The summed E-state index contributed by atoms with van der Waals surface area (Å²) in [5.41, 5.74) is 0.